The number of rotatable bonds is 5. The SMILES string of the molecule is COC(=O)CC1CCCN(c2nc(Nc3ccc(Cl)c(Cl)c3)ncc2C(F)(F)F)C1. The summed E-state index contributed by atoms with van der Waals surface area (Å²) in [6, 6.07) is 4.69. The van der Waals surface area contributed by atoms with E-state index in [-0.39, 0.29) is 41.6 Å². The Kier molecular flexibility index (Phi) is 6.92. The molecule has 0 bridgehead atoms. The summed E-state index contributed by atoms with van der Waals surface area (Å²) in [6.45, 7) is 0.658. The molecule has 0 aliphatic carbocycles. The van der Waals surface area contributed by atoms with E-state index < -0.39 is 11.7 Å². The van der Waals surface area contributed by atoms with Crippen molar-refractivity contribution >= 4 is 46.6 Å². The predicted octanol–water partition coefficient (Wildman–Crippen LogP) is 5.33. The number of anilines is 3. The Balaban J connectivity index is 1.89. The Bertz CT molecular complexity index is 927. The molecule has 1 aliphatic heterocycles. The van der Waals surface area contributed by atoms with Gasteiger partial charge in [-0.1, -0.05) is 23.2 Å². The van der Waals surface area contributed by atoms with Crippen molar-refractivity contribution in [1.82, 2.24) is 9.97 Å². The maximum Gasteiger partial charge on any atom is 0.421 e. The van der Waals surface area contributed by atoms with Crippen molar-refractivity contribution in [2.75, 3.05) is 30.4 Å². The molecule has 0 saturated carbocycles. The molecule has 1 atom stereocenters. The number of aromatic nitrogens is 2. The zero-order valence-electron chi connectivity index (χ0n) is 16.0. The van der Waals surface area contributed by atoms with Crippen LogP contribution < -0.4 is 10.2 Å². The summed E-state index contributed by atoms with van der Waals surface area (Å²) in [7, 11) is 1.29. The molecule has 2 heterocycles. The van der Waals surface area contributed by atoms with E-state index in [0.717, 1.165) is 12.6 Å². The zero-order chi connectivity index (χ0) is 21.9. The van der Waals surface area contributed by atoms with E-state index in [9.17, 15) is 18.0 Å². The lowest BCUT2D eigenvalue weighted by molar-refractivity contribution is -0.142. The third-order valence-electron chi connectivity index (χ3n) is 4.75. The van der Waals surface area contributed by atoms with E-state index in [2.05, 4.69) is 20.0 Å². The first-order valence-electron chi connectivity index (χ1n) is 9.15. The minimum atomic E-state index is -4.62. The van der Waals surface area contributed by atoms with Crippen LogP contribution in [0.2, 0.25) is 10.0 Å². The monoisotopic (exact) mass is 462 g/mol. The molecule has 1 fully saturated rings. The zero-order valence-corrected chi connectivity index (χ0v) is 17.5. The van der Waals surface area contributed by atoms with Crippen molar-refractivity contribution in [3.8, 4) is 0 Å². The second-order valence-corrected chi connectivity index (χ2v) is 7.73. The number of alkyl halides is 3. The largest absolute Gasteiger partial charge is 0.469 e. The van der Waals surface area contributed by atoms with E-state index in [4.69, 9.17) is 23.2 Å². The molecular weight excluding hydrogens is 444 g/mol. The van der Waals surface area contributed by atoms with Gasteiger partial charge >= 0.3 is 12.1 Å². The van der Waals surface area contributed by atoms with Crippen molar-refractivity contribution in [2.24, 2.45) is 5.92 Å². The van der Waals surface area contributed by atoms with Gasteiger partial charge in [0.05, 0.1) is 17.2 Å². The highest BCUT2D eigenvalue weighted by molar-refractivity contribution is 6.42. The molecule has 1 aromatic carbocycles. The van der Waals surface area contributed by atoms with Gasteiger partial charge in [-0.3, -0.25) is 4.79 Å². The van der Waals surface area contributed by atoms with Crippen LogP contribution in [-0.2, 0) is 15.7 Å². The number of esters is 1. The van der Waals surface area contributed by atoms with Crippen LogP contribution in [0.15, 0.2) is 24.4 Å². The lowest BCUT2D eigenvalue weighted by Crippen LogP contribution is -2.38. The third-order valence-corrected chi connectivity index (χ3v) is 5.49. The van der Waals surface area contributed by atoms with Crippen LogP contribution in [0.25, 0.3) is 0 Å². The second-order valence-electron chi connectivity index (χ2n) is 6.92. The highest BCUT2D eigenvalue weighted by Crippen LogP contribution is 2.37. The second kappa shape index (κ2) is 9.26. The van der Waals surface area contributed by atoms with Crippen LogP contribution in [0, 0.1) is 5.92 Å². The summed E-state index contributed by atoms with van der Waals surface area (Å²) in [5.74, 6) is -0.739. The Morgan fingerprint density at radius 3 is 2.77 bits per heavy atom. The summed E-state index contributed by atoms with van der Waals surface area (Å²) >= 11 is 11.9. The minimum Gasteiger partial charge on any atom is -0.469 e. The van der Waals surface area contributed by atoms with Gasteiger partial charge in [0.15, 0.2) is 0 Å². The Labute approximate surface area is 181 Å². The third kappa shape index (κ3) is 5.46. The van der Waals surface area contributed by atoms with E-state index in [1.165, 1.54) is 13.2 Å². The molecule has 0 amide bonds. The number of carbonyl (C=O) groups excluding carboxylic acids is 1. The van der Waals surface area contributed by atoms with Gasteiger partial charge in [0, 0.05) is 31.4 Å². The summed E-state index contributed by atoms with van der Waals surface area (Å²) in [4.78, 5) is 21.1. The molecule has 0 radical (unpaired) electrons. The summed E-state index contributed by atoms with van der Waals surface area (Å²) in [5.41, 5.74) is -0.446. The van der Waals surface area contributed by atoms with Crippen LogP contribution in [0.4, 0.5) is 30.6 Å². The van der Waals surface area contributed by atoms with Crippen LogP contribution in [0.1, 0.15) is 24.8 Å². The normalized spacial score (nSPS) is 17.0. The molecule has 1 unspecified atom stereocenters. The lowest BCUT2D eigenvalue weighted by atomic mass is 9.94. The van der Waals surface area contributed by atoms with Crippen LogP contribution in [-0.4, -0.2) is 36.1 Å². The number of methoxy groups -OCH3 is 1. The lowest BCUT2D eigenvalue weighted by Gasteiger charge is -2.34. The number of piperidine rings is 1. The number of halogens is 5. The number of nitrogens with zero attached hydrogens (tertiary/aromatic N) is 3. The quantitative estimate of drug-likeness (QED) is 0.606. The smallest absolute Gasteiger partial charge is 0.421 e. The molecule has 6 nitrogen and oxygen atoms in total. The van der Waals surface area contributed by atoms with Crippen LogP contribution >= 0.6 is 23.2 Å². The average molecular weight is 463 g/mol. The molecule has 30 heavy (non-hydrogen) atoms. The van der Waals surface area contributed by atoms with Gasteiger partial charge in [0.1, 0.15) is 11.4 Å². The highest BCUT2D eigenvalue weighted by Gasteiger charge is 2.38. The number of benzene rings is 1. The summed E-state index contributed by atoms with van der Waals surface area (Å²) in [6.07, 6.45) is -2.35. The van der Waals surface area contributed by atoms with E-state index in [1.54, 1.807) is 17.0 Å². The average Bonchev–Trinajstić information content (AvgIpc) is 2.70. The fourth-order valence-corrected chi connectivity index (χ4v) is 3.62. The van der Waals surface area contributed by atoms with E-state index >= 15 is 0 Å². The number of carbonyl (C=O) groups is 1. The molecule has 11 heteroatoms. The van der Waals surface area contributed by atoms with E-state index in [0.29, 0.717) is 23.7 Å². The van der Waals surface area contributed by atoms with Gasteiger partial charge in [0.25, 0.3) is 0 Å². The van der Waals surface area contributed by atoms with Gasteiger partial charge in [-0.2, -0.15) is 18.2 Å². The first-order valence-corrected chi connectivity index (χ1v) is 9.91. The molecule has 3 rings (SSSR count). The van der Waals surface area contributed by atoms with Crippen molar-refractivity contribution < 1.29 is 22.7 Å². The number of ether oxygens (including phenoxy) is 1. The molecule has 162 valence electrons. The van der Waals surface area contributed by atoms with E-state index in [1.807, 2.05) is 0 Å². The Morgan fingerprint density at radius 1 is 1.33 bits per heavy atom. The van der Waals surface area contributed by atoms with Gasteiger partial charge < -0.3 is 15.0 Å². The molecular formula is C19H19Cl2F3N4O2. The maximum atomic E-state index is 13.6. The number of hydrogen-bond acceptors (Lipinski definition) is 6. The molecule has 1 N–H and O–H groups in total. The molecule has 2 aromatic rings. The standard InChI is InChI=1S/C19H19Cl2F3N4O2/c1-30-16(29)7-11-3-2-6-28(10-11)17-13(19(22,23)24)9-25-18(27-17)26-12-4-5-14(20)15(21)8-12/h4-5,8-9,11H,2-3,6-7,10H2,1H3,(H,25,26,27). The fourth-order valence-electron chi connectivity index (χ4n) is 3.32. The Hall–Kier alpha value is -2.26. The van der Waals surface area contributed by atoms with Crippen molar-refractivity contribution in [3.63, 3.8) is 0 Å². The van der Waals surface area contributed by atoms with Crippen molar-refractivity contribution in [2.45, 2.75) is 25.4 Å². The predicted molar refractivity (Wildman–Crippen MR) is 108 cm³/mol. The van der Waals surface area contributed by atoms with Crippen LogP contribution in [0.5, 0.6) is 0 Å². The van der Waals surface area contributed by atoms with Gasteiger partial charge in [-0.05, 0) is 37.0 Å². The molecule has 0 spiro atoms. The Morgan fingerprint density at radius 2 is 2.10 bits per heavy atom. The molecule has 1 saturated heterocycles. The first-order chi connectivity index (χ1) is 14.2. The van der Waals surface area contributed by atoms with Crippen molar-refractivity contribution in [1.29, 1.82) is 0 Å². The minimum absolute atomic E-state index is 0.00789. The first kappa shape index (κ1) is 22.4. The topological polar surface area (TPSA) is 67.3 Å². The number of hydrogen-bond donors (Lipinski definition) is 1. The van der Waals surface area contributed by atoms with Gasteiger partial charge in [-0.15, -0.1) is 0 Å². The summed E-state index contributed by atoms with van der Waals surface area (Å²) < 4.78 is 45.4. The molecule has 1 aromatic heterocycles. The van der Waals surface area contributed by atoms with Gasteiger partial charge in [0.2, 0.25) is 5.95 Å². The number of nitrogens with one attached hydrogen (secondary N) is 1. The summed E-state index contributed by atoms with van der Waals surface area (Å²) in [5, 5.41) is 3.49. The van der Waals surface area contributed by atoms with Crippen LogP contribution in [0.3, 0.4) is 0 Å². The van der Waals surface area contributed by atoms with Crippen molar-refractivity contribution in [3.05, 3.63) is 40.0 Å². The molecule has 1 aliphatic rings. The maximum absolute atomic E-state index is 13.6. The highest BCUT2D eigenvalue weighted by atomic mass is 35.5. The van der Waals surface area contributed by atoms with Gasteiger partial charge in [-0.25, -0.2) is 4.98 Å². The fraction of sp³-hybridized carbons (Fsp3) is 0.421.